The largest absolute Gasteiger partial charge is 0.355 e. The van der Waals surface area contributed by atoms with Gasteiger partial charge in [0.05, 0.1) is 0 Å². The van der Waals surface area contributed by atoms with Crippen LogP contribution in [0.1, 0.15) is 11.1 Å². The Morgan fingerprint density at radius 1 is 0.667 bits per heavy atom. The maximum absolute atomic E-state index is 3.54. The van der Waals surface area contributed by atoms with Gasteiger partial charge >= 0.3 is 0 Å². The van der Waals surface area contributed by atoms with Gasteiger partial charge in [-0.15, -0.1) is 0 Å². The first-order chi connectivity index (χ1) is 10.2. The molecule has 0 saturated heterocycles. The van der Waals surface area contributed by atoms with Crippen molar-refractivity contribution in [1.29, 1.82) is 0 Å². The molecule has 4 aromatic rings. The molecule has 21 heavy (non-hydrogen) atoms. The molecule has 1 nitrogen and oxygen atoms in total. The third-order valence-corrected chi connectivity index (χ3v) is 4.30. The van der Waals surface area contributed by atoms with Gasteiger partial charge in [-0.05, 0) is 65.6 Å². The molecule has 4 rings (SSSR count). The number of aromatic nitrogens is 1. The topological polar surface area (TPSA) is 15.8 Å². The number of aromatic amines is 1. The predicted molar refractivity (Wildman–Crippen MR) is 90.7 cm³/mol. The van der Waals surface area contributed by atoms with Crippen molar-refractivity contribution in [2.45, 2.75) is 13.8 Å². The van der Waals surface area contributed by atoms with Gasteiger partial charge in [0, 0.05) is 16.6 Å². The van der Waals surface area contributed by atoms with Crippen molar-refractivity contribution in [3.05, 3.63) is 71.8 Å². The van der Waals surface area contributed by atoms with Crippen LogP contribution in [0.2, 0.25) is 0 Å². The van der Waals surface area contributed by atoms with E-state index in [0.717, 1.165) is 0 Å². The van der Waals surface area contributed by atoms with Crippen molar-refractivity contribution in [1.82, 2.24) is 4.98 Å². The average Bonchev–Trinajstić information content (AvgIpc) is 2.90. The average molecular weight is 271 g/mol. The normalized spacial score (nSPS) is 11.3. The molecule has 0 atom stereocenters. The first-order valence-electron chi connectivity index (χ1n) is 7.30. The maximum Gasteiger partial charge on any atom is 0.0465 e. The summed E-state index contributed by atoms with van der Waals surface area (Å²) in [5.74, 6) is 0. The highest BCUT2D eigenvalue weighted by molar-refractivity contribution is 5.91. The lowest BCUT2D eigenvalue weighted by atomic mass is 10.0. The molecular formula is C20H17N. The third-order valence-electron chi connectivity index (χ3n) is 4.30. The molecule has 0 spiro atoms. The smallest absolute Gasteiger partial charge is 0.0465 e. The van der Waals surface area contributed by atoms with E-state index in [0.29, 0.717) is 0 Å². The second-order valence-corrected chi connectivity index (χ2v) is 5.77. The Balaban J connectivity index is 1.91. The van der Waals surface area contributed by atoms with Crippen molar-refractivity contribution in [2.75, 3.05) is 0 Å². The summed E-state index contributed by atoms with van der Waals surface area (Å²) in [6.07, 6.45) is 0. The Morgan fingerprint density at radius 2 is 1.43 bits per heavy atom. The van der Waals surface area contributed by atoms with E-state index in [1.165, 1.54) is 44.1 Å². The molecule has 0 radical (unpaired) electrons. The third kappa shape index (κ3) is 2.02. The van der Waals surface area contributed by atoms with Crippen molar-refractivity contribution in [3.63, 3.8) is 0 Å². The van der Waals surface area contributed by atoms with E-state index in [1.54, 1.807) is 0 Å². The standard InChI is InChI=1S/C20H17N/c1-13-9-18-12-20(21-19(18)10-14(13)2)17-8-7-15-5-3-4-6-16(15)11-17/h3-12,21H,1-2H3. The fourth-order valence-electron chi connectivity index (χ4n) is 2.92. The lowest BCUT2D eigenvalue weighted by molar-refractivity contribution is 1.35. The summed E-state index contributed by atoms with van der Waals surface area (Å²) in [5.41, 5.74) is 6.29. The van der Waals surface area contributed by atoms with E-state index in [-0.39, 0.29) is 0 Å². The monoisotopic (exact) mass is 271 g/mol. The zero-order valence-electron chi connectivity index (χ0n) is 12.3. The predicted octanol–water partition coefficient (Wildman–Crippen LogP) is 5.60. The highest BCUT2D eigenvalue weighted by Gasteiger charge is 2.05. The highest BCUT2D eigenvalue weighted by Crippen LogP contribution is 2.28. The molecule has 0 saturated carbocycles. The molecule has 0 amide bonds. The Labute approximate surface area is 124 Å². The van der Waals surface area contributed by atoms with Crippen LogP contribution in [-0.2, 0) is 0 Å². The number of nitrogens with one attached hydrogen (secondary N) is 1. The maximum atomic E-state index is 3.54. The van der Waals surface area contributed by atoms with Gasteiger partial charge < -0.3 is 4.98 Å². The van der Waals surface area contributed by atoms with Gasteiger partial charge in [0.1, 0.15) is 0 Å². The van der Waals surface area contributed by atoms with E-state index in [1.807, 2.05) is 0 Å². The van der Waals surface area contributed by atoms with Crippen molar-refractivity contribution in [3.8, 4) is 11.3 Å². The summed E-state index contributed by atoms with van der Waals surface area (Å²) in [7, 11) is 0. The number of benzene rings is 3. The minimum absolute atomic E-state index is 1.18. The molecule has 1 N–H and O–H groups in total. The quantitative estimate of drug-likeness (QED) is 0.463. The van der Waals surface area contributed by atoms with Crippen molar-refractivity contribution >= 4 is 21.7 Å². The number of aryl methyl sites for hydroxylation is 2. The zero-order valence-corrected chi connectivity index (χ0v) is 12.3. The molecular weight excluding hydrogens is 254 g/mol. The Kier molecular flexibility index (Phi) is 2.61. The van der Waals surface area contributed by atoms with Crippen LogP contribution in [0, 0.1) is 13.8 Å². The molecule has 0 unspecified atom stereocenters. The molecule has 3 aromatic carbocycles. The highest BCUT2D eigenvalue weighted by atomic mass is 14.7. The number of rotatable bonds is 1. The van der Waals surface area contributed by atoms with E-state index in [4.69, 9.17) is 0 Å². The second kappa shape index (κ2) is 4.49. The summed E-state index contributed by atoms with van der Waals surface area (Å²) in [5, 5.41) is 3.84. The van der Waals surface area contributed by atoms with Crippen LogP contribution < -0.4 is 0 Å². The van der Waals surface area contributed by atoms with E-state index in [2.05, 4.69) is 79.5 Å². The van der Waals surface area contributed by atoms with Gasteiger partial charge in [-0.3, -0.25) is 0 Å². The molecule has 102 valence electrons. The molecule has 1 heterocycles. The summed E-state index contributed by atoms with van der Waals surface area (Å²) in [6, 6.07) is 21.8. The van der Waals surface area contributed by atoms with E-state index < -0.39 is 0 Å². The lowest BCUT2D eigenvalue weighted by Crippen LogP contribution is -1.80. The van der Waals surface area contributed by atoms with Crippen LogP contribution in [0.4, 0.5) is 0 Å². The Bertz CT molecular complexity index is 921. The summed E-state index contributed by atoms with van der Waals surface area (Å²) in [6.45, 7) is 4.32. The van der Waals surface area contributed by atoms with E-state index >= 15 is 0 Å². The molecule has 0 fully saturated rings. The van der Waals surface area contributed by atoms with Gasteiger partial charge in [0.25, 0.3) is 0 Å². The number of fused-ring (bicyclic) bond motifs is 2. The fraction of sp³-hybridized carbons (Fsp3) is 0.100. The van der Waals surface area contributed by atoms with Crippen LogP contribution in [0.15, 0.2) is 60.7 Å². The molecule has 1 aromatic heterocycles. The number of H-pyrrole nitrogens is 1. The van der Waals surface area contributed by atoms with E-state index in [9.17, 15) is 0 Å². The first kappa shape index (κ1) is 12.2. The fourth-order valence-corrected chi connectivity index (χ4v) is 2.92. The minimum atomic E-state index is 1.18. The molecule has 0 aliphatic heterocycles. The van der Waals surface area contributed by atoms with Gasteiger partial charge in [-0.1, -0.05) is 36.4 Å². The molecule has 0 bridgehead atoms. The van der Waals surface area contributed by atoms with Gasteiger partial charge in [0.2, 0.25) is 0 Å². The van der Waals surface area contributed by atoms with Crippen LogP contribution in [0.5, 0.6) is 0 Å². The van der Waals surface area contributed by atoms with Crippen molar-refractivity contribution < 1.29 is 0 Å². The van der Waals surface area contributed by atoms with Crippen molar-refractivity contribution in [2.24, 2.45) is 0 Å². The lowest BCUT2D eigenvalue weighted by Gasteiger charge is -2.01. The Morgan fingerprint density at radius 3 is 2.29 bits per heavy atom. The summed E-state index contributed by atoms with van der Waals surface area (Å²) < 4.78 is 0. The van der Waals surface area contributed by atoms with Gasteiger partial charge in [0.15, 0.2) is 0 Å². The number of hydrogen-bond acceptors (Lipinski definition) is 0. The molecule has 0 aliphatic carbocycles. The first-order valence-corrected chi connectivity index (χ1v) is 7.30. The van der Waals surface area contributed by atoms with Crippen LogP contribution in [0.3, 0.4) is 0 Å². The zero-order chi connectivity index (χ0) is 14.4. The summed E-state index contributed by atoms with van der Waals surface area (Å²) >= 11 is 0. The molecule has 1 heteroatoms. The van der Waals surface area contributed by atoms with Gasteiger partial charge in [-0.2, -0.15) is 0 Å². The summed E-state index contributed by atoms with van der Waals surface area (Å²) in [4.78, 5) is 3.54. The minimum Gasteiger partial charge on any atom is -0.355 e. The molecule has 0 aliphatic rings. The number of hydrogen-bond donors (Lipinski definition) is 1. The SMILES string of the molecule is Cc1cc2cc(-c3ccc4ccccc4c3)[nH]c2cc1C. The second-order valence-electron chi connectivity index (χ2n) is 5.77. The van der Waals surface area contributed by atoms with Gasteiger partial charge in [-0.25, -0.2) is 0 Å². The van der Waals surface area contributed by atoms with Crippen LogP contribution >= 0.6 is 0 Å². The Hall–Kier alpha value is -2.54. The van der Waals surface area contributed by atoms with Crippen LogP contribution in [0.25, 0.3) is 32.9 Å². The van der Waals surface area contributed by atoms with Crippen LogP contribution in [-0.4, -0.2) is 4.98 Å².